The lowest BCUT2D eigenvalue weighted by Gasteiger charge is -2.14. The molecule has 0 bridgehead atoms. The Balaban J connectivity index is 1.62. The first-order valence-corrected chi connectivity index (χ1v) is 10.1. The zero-order valence-corrected chi connectivity index (χ0v) is 18.1. The third-order valence-electron chi connectivity index (χ3n) is 3.97. The van der Waals surface area contributed by atoms with Crippen LogP contribution in [0.15, 0.2) is 45.4 Å². The number of nitrogens with zero attached hydrogens (tertiary/aromatic N) is 2. The van der Waals surface area contributed by atoms with E-state index in [0.29, 0.717) is 40.3 Å². The molecule has 0 aliphatic rings. The average Bonchev–Trinajstić information content (AvgIpc) is 3.20. The monoisotopic (exact) mass is 478 g/mol. The van der Waals surface area contributed by atoms with Crippen LogP contribution in [0, 0.1) is 5.82 Å². The van der Waals surface area contributed by atoms with E-state index in [0.717, 1.165) is 0 Å². The van der Waals surface area contributed by atoms with E-state index in [1.165, 1.54) is 24.3 Å². The van der Waals surface area contributed by atoms with Gasteiger partial charge in [-0.05, 0) is 55.8 Å². The van der Waals surface area contributed by atoms with E-state index >= 15 is 0 Å². The first kappa shape index (κ1) is 21.8. The van der Waals surface area contributed by atoms with Crippen molar-refractivity contribution in [3.05, 3.63) is 58.1 Å². The van der Waals surface area contributed by atoms with Crippen LogP contribution in [0.3, 0.4) is 0 Å². The quantitative estimate of drug-likeness (QED) is 0.411. The van der Waals surface area contributed by atoms with Crippen LogP contribution in [0.1, 0.15) is 25.3 Å². The highest BCUT2D eigenvalue weighted by molar-refractivity contribution is 9.10. The third-order valence-corrected chi connectivity index (χ3v) is 4.71. The Morgan fingerprint density at radius 1 is 1.10 bits per heavy atom. The van der Waals surface area contributed by atoms with Crippen LogP contribution >= 0.6 is 15.9 Å². The minimum atomic E-state index is -0.469. The predicted molar refractivity (Wildman–Crippen MR) is 110 cm³/mol. The van der Waals surface area contributed by atoms with Crippen molar-refractivity contribution in [1.29, 1.82) is 0 Å². The van der Waals surface area contributed by atoms with Gasteiger partial charge in [-0.25, -0.2) is 4.39 Å². The van der Waals surface area contributed by atoms with E-state index in [2.05, 4.69) is 26.1 Å². The standard InChI is InChI=1S/C21H20BrFN2O5/c1-3-27-17-9-14(16(22)11-18(17)28-4-2)10-20(26)29-12-19-24-21(25-30-19)13-5-7-15(23)8-6-13/h5-9,11H,3-4,10,12H2,1-2H3. The fourth-order valence-corrected chi connectivity index (χ4v) is 3.09. The molecule has 2 aromatic carbocycles. The largest absolute Gasteiger partial charge is 0.490 e. The van der Waals surface area contributed by atoms with Gasteiger partial charge >= 0.3 is 5.97 Å². The number of carbonyl (C=O) groups excluding carboxylic acids is 1. The Labute approximate surface area is 181 Å². The fourth-order valence-electron chi connectivity index (χ4n) is 2.63. The van der Waals surface area contributed by atoms with Gasteiger partial charge in [-0.1, -0.05) is 21.1 Å². The van der Waals surface area contributed by atoms with Crippen LogP contribution in [0.4, 0.5) is 4.39 Å². The van der Waals surface area contributed by atoms with Crippen molar-refractivity contribution >= 4 is 21.9 Å². The van der Waals surface area contributed by atoms with Crippen molar-refractivity contribution in [2.45, 2.75) is 26.9 Å². The van der Waals surface area contributed by atoms with Crippen LogP contribution in [-0.4, -0.2) is 29.3 Å². The minimum Gasteiger partial charge on any atom is -0.490 e. The number of benzene rings is 2. The van der Waals surface area contributed by atoms with E-state index < -0.39 is 5.97 Å². The molecule has 0 saturated heterocycles. The SMILES string of the molecule is CCOc1cc(Br)c(CC(=O)OCc2nc(-c3ccc(F)cc3)no2)cc1OCC. The Bertz CT molecular complexity index is 1010. The summed E-state index contributed by atoms with van der Waals surface area (Å²) in [5.41, 5.74) is 1.30. The molecule has 3 aromatic rings. The Morgan fingerprint density at radius 2 is 1.77 bits per heavy atom. The highest BCUT2D eigenvalue weighted by Crippen LogP contribution is 2.34. The number of ether oxygens (including phenoxy) is 3. The molecule has 0 unspecified atom stereocenters. The molecule has 1 heterocycles. The fraction of sp³-hybridized carbons (Fsp3) is 0.286. The van der Waals surface area contributed by atoms with Gasteiger partial charge in [0.25, 0.3) is 5.89 Å². The van der Waals surface area contributed by atoms with Crippen molar-refractivity contribution in [1.82, 2.24) is 10.1 Å². The summed E-state index contributed by atoms with van der Waals surface area (Å²) in [6, 6.07) is 9.20. The molecule has 158 valence electrons. The number of aromatic nitrogens is 2. The van der Waals surface area contributed by atoms with Gasteiger partial charge in [0, 0.05) is 10.0 Å². The molecule has 3 rings (SSSR count). The maximum atomic E-state index is 13.0. The third kappa shape index (κ3) is 5.56. The van der Waals surface area contributed by atoms with Crippen molar-refractivity contribution < 1.29 is 27.9 Å². The number of carbonyl (C=O) groups is 1. The van der Waals surface area contributed by atoms with Crippen LogP contribution in [-0.2, 0) is 22.6 Å². The highest BCUT2D eigenvalue weighted by Gasteiger charge is 2.16. The second-order valence-electron chi connectivity index (χ2n) is 6.11. The second kappa shape index (κ2) is 10.2. The number of rotatable bonds is 9. The molecule has 7 nitrogen and oxygen atoms in total. The predicted octanol–water partition coefficient (Wildman–Crippen LogP) is 4.72. The minimum absolute atomic E-state index is 0.0199. The van der Waals surface area contributed by atoms with E-state index in [4.69, 9.17) is 18.7 Å². The Morgan fingerprint density at radius 3 is 2.43 bits per heavy atom. The van der Waals surface area contributed by atoms with Crippen LogP contribution < -0.4 is 9.47 Å². The molecule has 0 spiro atoms. The lowest BCUT2D eigenvalue weighted by Crippen LogP contribution is -2.09. The first-order valence-electron chi connectivity index (χ1n) is 9.32. The van der Waals surface area contributed by atoms with E-state index in [1.54, 1.807) is 12.1 Å². The van der Waals surface area contributed by atoms with Gasteiger partial charge in [0.05, 0.1) is 19.6 Å². The van der Waals surface area contributed by atoms with E-state index in [-0.39, 0.29) is 30.6 Å². The summed E-state index contributed by atoms with van der Waals surface area (Å²) in [5.74, 6) is 0.766. The molecule has 0 atom stereocenters. The van der Waals surface area contributed by atoms with E-state index in [9.17, 15) is 9.18 Å². The van der Waals surface area contributed by atoms with Crippen LogP contribution in [0.5, 0.6) is 11.5 Å². The van der Waals surface area contributed by atoms with Gasteiger partial charge < -0.3 is 18.7 Å². The number of esters is 1. The number of hydrogen-bond donors (Lipinski definition) is 0. The maximum Gasteiger partial charge on any atom is 0.310 e. The van der Waals surface area contributed by atoms with Gasteiger partial charge in [-0.3, -0.25) is 4.79 Å². The molecule has 9 heteroatoms. The van der Waals surface area contributed by atoms with Crippen molar-refractivity contribution in [2.75, 3.05) is 13.2 Å². The molecular weight excluding hydrogens is 459 g/mol. The molecule has 1 aromatic heterocycles. The zero-order valence-electron chi connectivity index (χ0n) is 16.5. The molecule has 0 aliphatic heterocycles. The van der Waals surface area contributed by atoms with Gasteiger partial charge in [-0.2, -0.15) is 4.98 Å². The summed E-state index contributed by atoms with van der Waals surface area (Å²) < 4.78 is 35.2. The lowest BCUT2D eigenvalue weighted by atomic mass is 10.1. The first-order chi connectivity index (χ1) is 14.5. The maximum absolute atomic E-state index is 13.0. The molecule has 0 N–H and O–H groups in total. The molecule has 0 amide bonds. The molecule has 30 heavy (non-hydrogen) atoms. The smallest absolute Gasteiger partial charge is 0.310 e. The van der Waals surface area contributed by atoms with Gasteiger partial charge in [0.1, 0.15) is 5.82 Å². The summed E-state index contributed by atoms with van der Waals surface area (Å²) in [4.78, 5) is 16.4. The molecule has 0 fully saturated rings. The highest BCUT2D eigenvalue weighted by atomic mass is 79.9. The summed E-state index contributed by atoms with van der Waals surface area (Å²) in [5, 5.41) is 3.81. The summed E-state index contributed by atoms with van der Waals surface area (Å²) in [6.45, 7) is 4.56. The normalized spacial score (nSPS) is 10.7. The summed E-state index contributed by atoms with van der Waals surface area (Å²) >= 11 is 3.45. The topological polar surface area (TPSA) is 83.7 Å². The Kier molecular flexibility index (Phi) is 7.40. The second-order valence-corrected chi connectivity index (χ2v) is 6.97. The van der Waals surface area contributed by atoms with Gasteiger partial charge in [0.15, 0.2) is 18.1 Å². The van der Waals surface area contributed by atoms with Crippen molar-refractivity contribution in [3.63, 3.8) is 0 Å². The summed E-state index contributed by atoms with van der Waals surface area (Å²) in [6.07, 6.45) is 0.0199. The molecule has 0 saturated carbocycles. The molecular formula is C21H20BrFN2O5. The zero-order chi connectivity index (χ0) is 21.5. The van der Waals surface area contributed by atoms with Gasteiger partial charge in [-0.15, -0.1) is 0 Å². The van der Waals surface area contributed by atoms with Crippen LogP contribution in [0.2, 0.25) is 0 Å². The average molecular weight is 479 g/mol. The number of hydrogen-bond acceptors (Lipinski definition) is 7. The van der Waals surface area contributed by atoms with Crippen molar-refractivity contribution in [2.24, 2.45) is 0 Å². The molecule has 0 radical (unpaired) electrons. The number of halogens is 2. The van der Waals surface area contributed by atoms with Crippen LogP contribution in [0.25, 0.3) is 11.4 Å². The lowest BCUT2D eigenvalue weighted by molar-refractivity contribution is -0.144. The summed E-state index contributed by atoms with van der Waals surface area (Å²) in [7, 11) is 0. The van der Waals surface area contributed by atoms with Gasteiger partial charge in [0.2, 0.25) is 5.82 Å². The Hall–Kier alpha value is -2.94. The van der Waals surface area contributed by atoms with E-state index in [1.807, 2.05) is 13.8 Å². The molecule has 0 aliphatic carbocycles. The van der Waals surface area contributed by atoms with Crippen molar-refractivity contribution in [3.8, 4) is 22.9 Å².